The minimum absolute atomic E-state index is 0.0948. The molecule has 33 heavy (non-hydrogen) atoms. The average Bonchev–Trinajstić information content (AvgIpc) is 3.48. The van der Waals surface area contributed by atoms with E-state index in [9.17, 15) is 9.18 Å². The number of benzene rings is 2. The number of para-hydroxylation sites is 1. The summed E-state index contributed by atoms with van der Waals surface area (Å²) in [5.41, 5.74) is 1.20. The van der Waals surface area contributed by atoms with Gasteiger partial charge in [-0.1, -0.05) is 12.1 Å². The summed E-state index contributed by atoms with van der Waals surface area (Å²) in [5.74, 6) is 1.22. The van der Waals surface area contributed by atoms with E-state index in [4.69, 9.17) is 9.47 Å². The van der Waals surface area contributed by atoms with Crippen LogP contribution in [0.15, 0.2) is 48.7 Å². The van der Waals surface area contributed by atoms with Gasteiger partial charge in [-0.15, -0.1) is 0 Å². The Kier molecular flexibility index (Phi) is 5.55. The molecule has 1 amide bonds. The lowest BCUT2D eigenvalue weighted by Gasteiger charge is -2.25. The van der Waals surface area contributed by atoms with Crippen molar-refractivity contribution in [2.75, 3.05) is 39.3 Å². The Hall–Kier alpha value is -3.72. The minimum atomic E-state index is -0.440. The summed E-state index contributed by atoms with van der Waals surface area (Å²) in [5, 5.41) is 3.00. The highest BCUT2D eigenvalue weighted by molar-refractivity contribution is 5.99. The molecule has 1 saturated heterocycles. The predicted molar refractivity (Wildman–Crippen MR) is 121 cm³/mol. The zero-order valence-corrected chi connectivity index (χ0v) is 18.4. The number of hydrogen-bond donors (Lipinski definition) is 1. The van der Waals surface area contributed by atoms with Gasteiger partial charge in [0, 0.05) is 31.4 Å². The second-order valence-corrected chi connectivity index (χ2v) is 8.25. The number of nitrogens with one attached hydrogen (secondary N) is 1. The Morgan fingerprint density at radius 2 is 2.03 bits per heavy atom. The normalized spacial score (nSPS) is 17.2. The van der Waals surface area contributed by atoms with Gasteiger partial charge in [-0.25, -0.2) is 14.4 Å². The van der Waals surface area contributed by atoms with Gasteiger partial charge in [0.2, 0.25) is 6.79 Å². The monoisotopic (exact) mass is 449 g/mol. The van der Waals surface area contributed by atoms with E-state index < -0.39 is 5.82 Å². The number of aromatic nitrogens is 2. The number of likely N-dealkylation sites (tertiary alicyclic amines) is 1. The molecule has 9 heteroatoms. The zero-order chi connectivity index (χ0) is 22.9. The van der Waals surface area contributed by atoms with E-state index in [0.717, 1.165) is 19.5 Å². The minimum Gasteiger partial charge on any atom is -0.454 e. The molecule has 1 N–H and O–H groups in total. The molecule has 2 aliphatic heterocycles. The van der Waals surface area contributed by atoms with Crippen molar-refractivity contribution < 1.29 is 18.7 Å². The van der Waals surface area contributed by atoms with Crippen molar-refractivity contribution in [1.82, 2.24) is 19.8 Å². The summed E-state index contributed by atoms with van der Waals surface area (Å²) in [6, 6.07) is 11.8. The van der Waals surface area contributed by atoms with Gasteiger partial charge in [0.15, 0.2) is 17.3 Å². The van der Waals surface area contributed by atoms with Crippen LogP contribution in [0.2, 0.25) is 0 Å². The third-order valence-electron chi connectivity index (χ3n) is 6.01. The lowest BCUT2D eigenvalue weighted by Crippen LogP contribution is -2.39. The van der Waals surface area contributed by atoms with Crippen molar-refractivity contribution in [2.45, 2.75) is 12.5 Å². The summed E-state index contributed by atoms with van der Waals surface area (Å²) in [4.78, 5) is 26.3. The Balaban J connectivity index is 1.52. The molecule has 0 bridgehead atoms. The van der Waals surface area contributed by atoms with Crippen LogP contribution in [0.5, 0.6) is 11.5 Å². The van der Waals surface area contributed by atoms with Gasteiger partial charge in [0.1, 0.15) is 17.2 Å². The number of amides is 1. The number of rotatable bonds is 5. The number of halogens is 1. The largest absolute Gasteiger partial charge is 0.454 e. The van der Waals surface area contributed by atoms with E-state index in [-0.39, 0.29) is 35.8 Å². The first-order chi connectivity index (χ1) is 16.0. The van der Waals surface area contributed by atoms with Crippen molar-refractivity contribution in [1.29, 1.82) is 0 Å². The molecule has 1 unspecified atom stereocenters. The second-order valence-electron chi connectivity index (χ2n) is 8.25. The fourth-order valence-corrected chi connectivity index (χ4v) is 4.08. The van der Waals surface area contributed by atoms with Gasteiger partial charge in [-0.05, 0) is 50.3 Å². The van der Waals surface area contributed by atoms with Gasteiger partial charge in [0.05, 0.1) is 5.69 Å². The molecule has 0 radical (unpaired) electrons. The van der Waals surface area contributed by atoms with Crippen molar-refractivity contribution >= 4 is 17.4 Å². The number of carbonyl (C=O) groups is 1. The number of anilines is 2. The lowest BCUT2D eigenvalue weighted by atomic mass is 10.1. The molecule has 8 nitrogen and oxygen atoms in total. The number of ether oxygens (including phenoxy) is 2. The van der Waals surface area contributed by atoms with Crippen LogP contribution < -0.4 is 14.8 Å². The maximum Gasteiger partial charge on any atom is 0.259 e. The van der Waals surface area contributed by atoms with Crippen molar-refractivity contribution in [3.05, 3.63) is 60.0 Å². The lowest BCUT2D eigenvalue weighted by molar-refractivity contribution is 0.0738. The molecule has 1 aromatic heterocycles. The highest BCUT2D eigenvalue weighted by Crippen LogP contribution is 2.35. The van der Waals surface area contributed by atoms with Gasteiger partial charge < -0.3 is 24.6 Å². The fourth-order valence-electron chi connectivity index (χ4n) is 4.08. The topological polar surface area (TPSA) is 79.8 Å². The number of fused-ring (bicyclic) bond motifs is 1. The quantitative estimate of drug-likeness (QED) is 0.638. The van der Waals surface area contributed by atoms with E-state index in [1.54, 1.807) is 42.3 Å². The third-order valence-corrected chi connectivity index (χ3v) is 6.01. The third kappa shape index (κ3) is 4.19. The van der Waals surface area contributed by atoms with Gasteiger partial charge >= 0.3 is 0 Å². The van der Waals surface area contributed by atoms with Crippen LogP contribution in [-0.4, -0.2) is 65.7 Å². The Morgan fingerprint density at radius 3 is 2.82 bits per heavy atom. The number of likely N-dealkylation sites (N-methyl/N-ethyl adjacent to an activating group) is 2. The molecular formula is C24H24FN5O3. The second kappa shape index (κ2) is 8.67. The van der Waals surface area contributed by atoms with Crippen molar-refractivity contribution in [3.63, 3.8) is 0 Å². The first-order valence-corrected chi connectivity index (χ1v) is 10.7. The van der Waals surface area contributed by atoms with E-state index in [1.807, 2.05) is 13.1 Å². The Morgan fingerprint density at radius 1 is 1.21 bits per heavy atom. The van der Waals surface area contributed by atoms with Crippen LogP contribution in [0, 0.1) is 5.82 Å². The predicted octanol–water partition coefficient (Wildman–Crippen LogP) is 3.53. The van der Waals surface area contributed by atoms with Crippen LogP contribution in [0.3, 0.4) is 0 Å². The van der Waals surface area contributed by atoms with E-state index in [2.05, 4.69) is 20.2 Å². The summed E-state index contributed by atoms with van der Waals surface area (Å²) in [6.45, 7) is 1.90. The maximum atomic E-state index is 14.4. The number of hydrogen-bond acceptors (Lipinski definition) is 7. The molecule has 170 valence electrons. The fraction of sp³-hybridized carbons (Fsp3) is 0.292. The Bertz CT molecular complexity index is 1200. The molecule has 2 aliphatic rings. The van der Waals surface area contributed by atoms with Crippen molar-refractivity contribution in [3.8, 4) is 22.9 Å². The molecule has 1 fully saturated rings. The van der Waals surface area contributed by atoms with E-state index >= 15 is 0 Å². The van der Waals surface area contributed by atoms with Crippen LogP contribution in [0.25, 0.3) is 11.4 Å². The summed E-state index contributed by atoms with van der Waals surface area (Å²) >= 11 is 0. The standard InChI is InChI=1S/C24H24FN5O3/c1-29-10-9-16(13-29)30(2)24(31)17-12-26-22(15-7-8-20-21(11-15)33-14-32-20)28-23(17)27-19-6-4-3-5-18(19)25/h3-8,11-12,16H,9-10,13-14H2,1-2H3,(H,26,27,28). The highest BCUT2D eigenvalue weighted by Gasteiger charge is 2.29. The van der Waals surface area contributed by atoms with Crippen LogP contribution >= 0.6 is 0 Å². The first kappa shape index (κ1) is 21.1. The van der Waals surface area contributed by atoms with Gasteiger partial charge in [-0.2, -0.15) is 0 Å². The number of nitrogens with zero attached hydrogens (tertiary/aromatic N) is 4. The van der Waals surface area contributed by atoms with E-state index in [0.29, 0.717) is 22.9 Å². The molecular weight excluding hydrogens is 425 g/mol. The average molecular weight is 449 g/mol. The van der Waals surface area contributed by atoms with Gasteiger partial charge in [-0.3, -0.25) is 4.79 Å². The van der Waals surface area contributed by atoms with E-state index in [1.165, 1.54) is 12.3 Å². The van der Waals surface area contributed by atoms with Crippen LogP contribution in [0.1, 0.15) is 16.8 Å². The summed E-state index contributed by atoms with van der Waals surface area (Å²) in [7, 11) is 3.82. The molecule has 0 saturated carbocycles. The molecule has 3 heterocycles. The molecule has 2 aromatic carbocycles. The van der Waals surface area contributed by atoms with Crippen LogP contribution in [-0.2, 0) is 0 Å². The highest BCUT2D eigenvalue weighted by atomic mass is 19.1. The van der Waals surface area contributed by atoms with Crippen LogP contribution in [0.4, 0.5) is 15.9 Å². The number of carbonyl (C=O) groups excluding carboxylic acids is 1. The van der Waals surface area contributed by atoms with Crippen molar-refractivity contribution in [2.24, 2.45) is 0 Å². The summed E-state index contributed by atoms with van der Waals surface area (Å²) < 4.78 is 25.2. The zero-order valence-electron chi connectivity index (χ0n) is 18.4. The summed E-state index contributed by atoms with van der Waals surface area (Å²) in [6.07, 6.45) is 2.39. The SMILES string of the molecule is CN1CCC(N(C)C(=O)c2cnc(-c3ccc4c(c3)OCO4)nc2Nc2ccccc2F)C1. The Labute approximate surface area is 191 Å². The molecule has 0 spiro atoms. The van der Waals surface area contributed by atoms with Gasteiger partial charge in [0.25, 0.3) is 5.91 Å². The molecule has 5 rings (SSSR count). The smallest absolute Gasteiger partial charge is 0.259 e. The first-order valence-electron chi connectivity index (χ1n) is 10.7. The molecule has 0 aliphatic carbocycles. The molecule has 3 aromatic rings. The molecule has 1 atom stereocenters. The maximum absolute atomic E-state index is 14.4.